The van der Waals surface area contributed by atoms with E-state index in [4.69, 9.17) is 0 Å². The monoisotopic (exact) mass is 259 g/mol. The van der Waals surface area contributed by atoms with Crippen LogP contribution in [0.4, 0.5) is 0 Å². The lowest BCUT2D eigenvalue weighted by molar-refractivity contribution is -0.0184. The van der Waals surface area contributed by atoms with Crippen molar-refractivity contribution in [2.45, 2.75) is 57.6 Å². The SMILES string of the molecule is CCC1CCNC(C2(O)CCc3ccc(C)cc32)C1. The van der Waals surface area contributed by atoms with E-state index in [0.29, 0.717) is 0 Å². The van der Waals surface area contributed by atoms with Crippen molar-refractivity contribution in [1.82, 2.24) is 5.32 Å². The summed E-state index contributed by atoms with van der Waals surface area (Å²) in [5, 5.41) is 14.8. The molecule has 1 aliphatic carbocycles. The molecule has 2 N–H and O–H groups in total. The number of piperidine rings is 1. The first-order chi connectivity index (χ1) is 9.13. The number of fused-ring (bicyclic) bond motifs is 1. The Hall–Kier alpha value is -0.860. The zero-order valence-corrected chi connectivity index (χ0v) is 12.1. The van der Waals surface area contributed by atoms with Crippen LogP contribution in [0.1, 0.15) is 49.3 Å². The molecule has 104 valence electrons. The van der Waals surface area contributed by atoms with E-state index >= 15 is 0 Å². The highest BCUT2D eigenvalue weighted by atomic mass is 16.3. The summed E-state index contributed by atoms with van der Waals surface area (Å²) < 4.78 is 0. The summed E-state index contributed by atoms with van der Waals surface area (Å²) in [6.07, 6.45) is 5.49. The van der Waals surface area contributed by atoms with Gasteiger partial charge in [-0.1, -0.05) is 37.1 Å². The highest BCUT2D eigenvalue weighted by Gasteiger charge is 2.44. The van der Waals surface area contributed by atoms with E-state index in [1.807, 2.05) is 0 Å². The number of hydrogen-bond acceptors (Lipinski definition) is 2. The van der Waals surface area contributed by atoms with Crippen LogP contribution in [0, 0.1) is 12.8 Å². The molecule has 3 unspecified atom stereocenters. The Morgan fingerprint density at radius 2 is 2.26 bits per heavy atom. The van der Waals surface area contributed by atoms with Crippen molar-refractivity contribution in [2.24, 2.45) is 5.92 Å². The molecule has 3 atom stereocenters. The van der Waals surface area contributed by atoms with Gasteiger partial charge in [0, 0.05) is 6.04 Å². The molecule has 0 bridgehead atoms. The van der Waals surface area contributed by atoms with Gasteiger partial charge >= 0.3 is 0 Å². The Kier molecular flexibility index (Phi) is 3.40. The van der Waals surface area contributed by atoms with Crippen LogP contribution in [0.2, 0.25) is 0 Å². The third-order valence-corrected chi connectivity index (χ3v) is 5.17. The Morgan fingerprint density at radius 3 is 3.05 bits per heavy atom. The number of hydrogen-bond donors (Lipinski definition) is 2. The molecule has 0 radical (unpaired) electrons. The first kappa shape index (κ1) is 13.1. The molecule has 1 heterocycles. The maximum atomic E-state index is 11.2. The molecular weight excluding hydrogens is 234 g/mol. The minimum Gasteiger partial charge on any atom is -0.384 e. The summed E-state index contributed by atoms with van der Waals surface area (Å²) in [6.45, 7) is 5.43. The van der Waals surface area contributed by atoms with E-state index in [2.05, 4.69) is 37.4 Å². The summed E-state index contributed by atoms with van der Waals surface area (Å²) in [7, 11) is 0. The maximum absolute atomic E-state index is 11.2. The topological polar surface area (TPSA) is 32.3 Å². The molecule has 1 aromatic rings. The lowest BCUT2D eigenvalue weighted by Gasteiger charge is -2.40. The van der Waals surface area contributed by atoms with E-state index in [1.165, 1.54) is 29.5 Å². The summed E-state index contributed by atoms with van der Waals surface area (Å²) in [5.74, 6) is 0.768. The van der Waals surface area contributed by atoms with Gasteiger partial charge in [0.2, 0.25) is 0 Å². The third-order valence-electron chi connectivity index (χ3n) is 5.17. The van der Waals surface area contributed by atoms with Crippen LogP contribution in [-0.2, 0) is 12.0 Å². The molecule has 2 heteroatoms. The van der Waals surface area contributed by atoms with Crippen molar-refractivity contribution in [3.8, 4) is 0 Å². The van der Waals surface area contributed by atoms with Crippen LogP contribution >= 0.6 is 0 Å². The third kappa shape index (κ3) is 2.21. The molecule has 19 heavy (non-hydrogen) atoms. The molecule has 3 rings (SSSR count). The molecular formula is C17H25NO. The van der Waals surface area contributed by atoms with E-state index in [-0.39, 0.29) is 6.04 Å². The second kappa shape index (κ2) is 4.92. The Morgan fingerprint density at radius 1 is 1.42 bits per heavy atom. The van der Waals surface area contributed by atoms with E-state index in [0.717, 1.165) is 31.7 Å². The number of rotatable bonds is 2. The summed E-state index contributed by atoms with van der Waals surface area (Å²) in [5.41, 5.74) is 3.13. The molecule has 0 saturated carbocycles. The van der Waals surface area contributed by atoms with Gasteiger partial charge < -0.3 is 10.4 Å². The second-order valence-electron chi connectivity index (χ2n) is 6.39. The minimum atomic E-state index is -0.644. The average Bonchev–Trinajstić information content (AvgIpc) is 2.77. The maximum Gasteiger partial charge on any atom is 0.105 e. The van der Waals surface area contributed by atoms with Crippen molar-refractivity contribution in [2.75, 3.05) is 6.54 Å². The normalized spacial score (nSPS) is 34.3. The van der Waals surface area contributed by atoms with Crippen molar-refractivity contribution < 1.29 is 5.11 Å². The quantitative estimate of drug-likeness (QED) is 0.856. The van der Waals surface area contributed by atoms with Crippen molar-refractivity contribution in [1.29, 1.82) is 0 Å². The van der Waals surface area contributed by atoms with Crippen LogP contribution in [0.25, 0.3) is 0 Å². The summed E-state index contributed by atoms with van der Waals surface area (Å²) >= 11 is 0. The molecule has 0 amide bonds. The van der Waals surface area contributed by atoms with E-state index in [1.54, 1.807) is 0 Å². The summed E-state index contributed by atoms with van der Waals surface area (Å²) in [6, 6.07) is 6.78. The fourth-order valence-electron chi connectivity index (χ4n) is 3.86. The molecule has 2 nitrogen and oxygen atoms in total. The first-order valence-electron chi connectivity index (χ1n) is 7.69. The number of benzene rings is 1. The average molecular weight is 259 g/mol. The van der Waals surface area contributed by atoms with Gasteiger partial charge in [0.25, 0.3) is 0 Å². The van der Waals surface area contributed by atoms with E-state index in [9.17, 15) is 5.11 Å². The van der Waals surface area contributed by atoms with Gasteiger partial charge in [-0.05, 0) is 56.2 Å². The van der Waals surface area contributed by atoms with Gasteiger partial charge in [0.05, 0.1) is 0 Å². The predicted molar refractivity (Wildman–Crippen MR) is 78.2 cm³/mol. The van der Waals surface area contributed by atoms with Gasteiger partial charge in [-0.3, -0.25) is 0 Å². The van der Waals surface area contributed by atoms with Crippen LogP contribution in [0.5, 0.6) is 0 Å². The Bertz CT molecular complexity index is 470. The Balaban J connectivity index is 1.91. The number of aliphatic hydroxyl groups is 1. The van der Waals surface area contributed by atoms with Gasteiger partial charge in [-0.25, -0.2) is 0 Å². The first-order valence-corrected chi connectivity index (χ1v) is 7.69. The van der Waals surface area contributed by atoms with Crippen LogP contribution in [0.15, 0.2) is 18.2 Å². The molecule has 2 aliphatic rings. The van der Waals surface area contributed by atoms with Crippen LogP contribution < -0.4 is 5.32 Å². The smallest absolute Gasteiger partial charge is 0.105 e. The highest BCUT2D eigenvalue weighted by molar-refractivity contribution is 5.41. The van der Waals surface area contributed by atoms with Crippen LogP contribution in [0.3, 0.4) is 0 Å². The van der Waals surface area contributed by atoms with Crippen LogP contribution in [-0.4, -0.2) is 17.7 Å². The molecule has 1 fully saturated rings. The largest absolute Gasteiger partial charge is 0.384 e. The molecule has 0 aromatic heterocycles. The predicted octanol–water partition coefficient (Wildman–Crippen LogP) is 2.91. The highest BCUT2D eigenvalue weighted by Crippen LogP contribution is 2.42. The van der Waals surface area contributed by atoms with Gasteiger partial charge in [-0.15, -0.1) is 0 Å². The van der Waals surface area contributed by atoms with Gasteiger partial charge in [-0.2, -0.15) is 0 Å². The standard InChI is InChI=1S/C17H25NO/c1-3-13-7-9-18-16(11-13)17(19)8-6-14-5-4-12(2)10-15(14)17/h4-5,10,13,16,18-19H,3,6-9,11H2,1-2H3. The van der Waals surface area contributed by atoms with Gasteiger partial charge in [0.15, 0.2) is 0 Å². The number of nitrogens with one attached hydrogen (secondary N) is 1. The van der Waals surface area contributed by atoms with Gasteiger partial charge in [0.1, 0.15) is 5.60 Å². The zero-order chi connectivity index (χ0) is 13.5. The fraction of sp³-hybridized carbons (Fsp3) is 0.647. The molecule has 1 aromatic carbocycles. The lowest BCUT2D eigenvalue weighted by atomic mass is 9.78. The second-order valence-corrected chi connectivity index (χ2v) is 6.39. The zero-order valence-electron chi connectivity index (χ0n) is 12.1. The molecule has 1 aliphatic heterocycles. The lowest BCUT2D eigenvalue weighted by Crippen LogP contribution is -2.51. The molecule has 0 spiro atoms. The molecule has 1 saturated heterocycles. The van der Waals surface area contributed by atoms with E-state index < -0.39 is 5.60 Å². The van der Waals surface area contributed by atoms with Crippen molar-refractivity contribution in [3.05, 3.63) is 34.9 Å². The Labute approximate surface area is 116 Å². The van der Waals surface area contributed by atoms with Crippen molar-refractivity contribution in [3.63, 3.8) is 0 Å². The fourth-order valence-corrected chi connectivity index (χ4v) is 3.86. The van der Waals surface area contributed by atoms with Crippen molar-refractivity contribution >= 4 is 0 Å². The minimum absolute atomic E-state index is 0.231. The number of aryl methyl sites for hydroxylation is 2. The summed E-state index contributed by atoms with van der Waals surface area (Å²) in [4.78, 5) is 0.